The van der Waals surface area contributed by atoms with Gasteiger partial charge in [0.1, 0.15) is 5.82 Å². The second-order valence-electron chi connectivity index (χ2n) is 3.53. The maximum atomic E-state index is 4.22. The summed E-state index contributed by atoms with van der Waals surface area (Å²) in [5.41, 5.74) is 2.40. The summed E-state index contributed by atoms with van der Waals surface area (Å²) in [6.07, 6.45) is 1.11. The van der Waals surface area contributed by atoms with Gasteiger partial charge in [-0.05, 0) is 30.4 Å². The Bertz CT molecular complexity index is 430. The molecule has 80 valence electrons. The molecule has 2 N–H and O–H groups in total. The highest BCUT2D eigenvalue weighted by Gasteiger charge is 2.06. The van der Waals surface area contributed by atoms with Gasteiger partial charge >= 0.3 is 0 Å². The van der Waals surface area contributed by atoms with Gasteiger partial charge in [0.2, 0.25) is 0 Å². The molecule has 0 saturated carbocycles. The quantitative estimate of drug-likeness (QED) is 0.832. The summed E-state index contributed by atoms with van der Waals surface area (Å²) in [4.78, 5) is 1.27. The Kier molecular flexibility index (Phi) is 3.06. The Balaban J connectivity index is 2.17. The third kappa shape index (κ3) is 2.21. The van der Waals surface area contributed by atoms with Gasteiger partial charge in [-0.25, -0.2) is 0 Å². The van der Waals surface area contributed by atoms with Crippen LogP contribution in [0.4, 0.5) is 5.82 Å². The van der Waals surface area contributed by atoms with E-state index in [4.69, 9.17) is 0 Å². The van der Waals surface area contributed by atoms with Gasteiger partial charge in [0.05, 0.1) is 10.6 Å². The highest BCUT2D eigenvalue weighted by atomic mass is 32.1. The van der Waals surface area contributed by atoms with Gasteiger partial charge in [-0.2, -0.15) is 5.10 Å². The molecule has 15 heavy (non-hydrogen) atoms. The fraction of sp³-hybridized carbons (Fsp3) is 0.364. The van der Waals surface area contributed by atoms with E-state index in [1.807, 2.05) is 0 Å². The average molecular weight is 221 g/mol. The van der Waals surface area contributed by atoms with Crippen molar-refractivity contribution < 1.29 is 0 Å². The molecule has 0 aliphatic heterocycles. The summed E-state index contributed by atoms with van der Waals surface area (Å²) in [7, 11) is 0. The summed E-state index contributed by atoms with van der Waals surface area (Å²) < 4.78 is 0. The number of hydrogen-bond acceptors (Lipinski definition) is 3. The lowest BCUT2D eigenvalue weighted by Gasteiger charge is -1.96. The number of aryl methyl sites for hydroxylation is 1. The van der Waals surface area contributed by atoms with Gasteiger partial charge in [0, 0.05) is 12.6 Å². The number of aromatic nitrogens is 2. The van der Waals surface area contributed by atoms with Gasteiger partial charge in [-0.15, -0.1) is 11.3 Å². The van der Waals surface area contributed by atoms with Crippen molar-refractivity contribution in [2.24, 2.45) is 0 Å². The Labute approximate surface area is 93.5 Å². The largest absolute Gasteiger partial charge is 0.369 e. The van der Waals surface area contributed by atoms with Gasteiger partial charge in [0.25, 0.3) is 0 Å². The molecule has 0 unspecified atom stereocenters. The Morgan fingerprint density at radius 2 is 2.40 bits per heavy atom. The predicted octanol–water partition coefficient (Wildman–Crippen LogP) is 3.27. The van der Waals surface area contributed by atoms with Crippen LogP contribution in [0.2, 0.25) is 0 Å². The molecular formula is C11H15N3S. The van der Waals surface area contributed by atoms with Crippen molar-refractivity contribution in [1.82, 2.24) is 10.2 Å². The molecule has 0 aromatic carbocycles. The Morgan fingerprint density at radius 1 is 1.53 bits per heavy atom. The van der Waals surface area contributed by atoms with Crippen LogP contribution in [-0.4, -0.2) is 16.7 Å². The summed E-state index contributed by atoms with van der Waals surface area (Å²) in [5, 5.41) is 12.6. The number of anilines is 1. The van der Waals surface area contributed by atoms with Crippen LogP contribution in [0.25, 0.3) is 10.6 Å². The van der Waals surface area contributed by atoms with E-state index in [0.717, 1.165) is 24.5 Å². The first kappa shape index (κ1) is 10.2. The topological polar surface area (TPSA) is 40.7 Å². The van der Waals surface area contributed by atoms with E-state index in [1.165, 1.54) is 10.4 Å². The fourth-order valence-electron chi connectivity index (χ4n) is 1.43. The molecule has 0 aliphatic rings. The molecule has 2 rings (SSSR count). The van der Waals surface area contributed by atoms with Crippen molar-refractivity contribution in [2.75, 3.05) is 11.9 Å². The molecule has 2 heterocycles. The summed E-state index contributed by atoms with van der Waals surface area (Å²) in [6.45, 7) is 5.23. The van der Waals surface area contributed by atoms with Gasteiger partial charge in [-0.1, -0.05) is 6.92 Å². The van der Waals surface area contributed by atoms with E-state index in [1.54, 1.807) is 11.3 Å². The third-order valence-electron chi connectivity index (χ3n) is 2.24. The minimum Gasteiger partial charge on any atom is -0.369 e. The first-order valence-corrected chi connectivity index (χ1v) is 6.03. The molecule has 2 aromatic rings. The van der Waals surface area contributed by atoms with Crippen molar-refractivity contribution in [3.8, 4) is 10.6 Å². The summed E-state index contributed by atoms with van der Waals surface area (Å²) >= 11 is 1.74. The number of aromatic amines is 1. The SMILES string of the molecule is CCCNc1cc(-c2sccc2C)[nH]n1. The van der Waals surface area contributed by atoms with Crippen LogP contribution >= 0.6 is 11.3 Å². The molecule has 0 bridgehead atoms. The summed E-state index contributed by atoms with van der Waals surface area (Å²) in [5.74, 6) is 0.930. The standard InChI is InChI=1S/C11H15N3S/c1-3-5-12-10-7-9(13-14-10)11-8(2)4-6-15-11/h4,6-7H,3,5H2,1-2H3,(H2,12,13,14). The van der Waals surface area contributed by atoms with E-state index in [9.17, 15) is 0 Å². The monoisotopic (exact) mass is 221 g/mol. The number of nitrogens with zero attached hydrogens (tertiary/aromatic N) is 1. The minimum atomic E-state index is 0.930. The van der Waals surface area contributed by atoms with Crippen LogP contribution in [0, 0.1) is 6.92 Å². The lowest BCUT2D eigenvalue weighted by atomic mass is 10.2. The molecule has 0 spiro atoms. The summed E-state index contributed by atoms with van der Waals surface area (Å²) in [6, 6.07) is 4.19. The first-order chi connectivity index (χ1) is 7.31. The molecule has 3 nitrogen and oxygen atoms in total. The van der Waals surface area contributed by atoms with Crippen LogP contribution in [0.5, 0.6) is 0 Å². The predicted molar refractivity (Wildman–Crippen MR) is 65.4 cm³/mol. The minimum absolute atomic E-state index is 0.930. The van der Waals surface area contributed by atoms with E-state index in [0.29, 0.717) is 0 Å². The van der Waals surface area contributed by atoms with Crippen LogP contribution in [-0.2, 0) is 0 Å². The zero-order chi connectivity index (χ0) is 10.7. The van der Waals surface area contributed by atoms with Crippen LogP contribution in [0.15, 0.2) is 17.5 Å². The molecule has 0 fully saturated rings. The number of nitrogens with one attached hydrogen (secondary N) is 2. The lowest BCUT2D eigenvalue weighted by molar-refractivity contribution is 0.961. The number of rotatable bonds is 4. The third-order valence-corrected chi connectivity index (χ3v) is 3.29. The molecule has 0 amide bonds. The van der Waals surface area contributed by atoms with Crippen molar-refractivity contribution >= 4 is 17.2 Å². The number of hydrogen-bond donors (Lipinski definition) is 2. The van der Waals surface area contributed by atoms with E-state index in [2.05, 4.69) is 46.9 Å². The van der Waals surface area contributed by atoms with Crippen molar-refractivity contribution in [3.05, 3.63) is 23.1 Å². The van der Waals surface area contributed by atoms with Crippen LogP contribution in [0.3, 0.4) is 0 Å². The van der Waals surface area contributed by atoms with Crippen LogP contribution in [0.1, 0.15) is 18.9 Å². The van der Waals surface area contributed by atoms with Gasteiger partial charge in [0.15, 0.2) is 0 Å². The smallest absolute Gasteiger partial charge is 0.148 e. The number of H-pyrrole nitrogens is 1. The molecule has 0 radical (unpaired) electrons. The van der Waals surface area contributed by atoms with Crippen molar-refractivity contribution in [3.63, 3.8) is 0 Å². The molecule has 0 aliphatic carbocycles. The van der Waals surface area contributed by atoms with Gasteiger partial charge < -0.3 is 5.32 Å². The Hall–Kier alpha value is -1.29. The molecular weight excluding hydrogens is 206 g/mol. The zero-order valence-corrected chi connectivity index (χ0v) is 9.82. The van der Waals surface area contributed by atoms with Crippen LogP contribution < -0.4 is 5.32 Å². The second kappa shape index (κ2) is 4.49. The molecule has 0 saturated heterocycles. The van der Waals surface area contributed by atoms with Gasteiger partial charge in [-0.3, -0.25) is 5.10 Å². The molecule has 0 atom stereocenters. The lowest BCUT2D eigenvalue weighted by Crippen LogP contribution is -1.99. The van der Waals surface area contributed by atoms with E-state index in [-0.39, 0.29) is 0 Å². The highest BCUT2D eigenvalue weighted by Crippen LogP contribution is 2.28. The average Bonchev–Trinajstić information content (AvgIpc) is 2.83. The van der Waals surface area contributed by atoms with Crippen molar-refractivity contribution in [1.29, 1.82) is 0 Å². The Morgan fingerprint density at radius 3 is 3.07 bits per heavy atom. The highest BCUT2D eigenvalue weighted by molar-refractivity contribution is 7.13. The molecule has 4 heteroatoms. The zero-order valence-electron chi connectivity index (χ0n) is 9.00. The second-order valence-corrected chi connectivity index (χ2v) is 4.44. The normalized spacial score (nSPS) is 10.5. The first-order valence-electron chi connectivity index (χ1n) is 5.15. The number of thiophene rings is 1. The maximum Gasteiger partial charge on any atom is 0.148 e. The maximum absolute atomic E-state index is 4.22. The fourth-order valence-corrected chi connectivity index (χ4v) is 2.32. The molecule has 2 aromatic heterocycles. The van der Waals surface area contributed by atoms with Crippen molar-refractivity contribution in [2.45, 2.75) is 20.3 Å². The van der Waals surface area contributed by atoms with E-state index >= 15 is 0 Å². The van der Waals surface area contributed by atoms with E-state index < -0.39 is 0 Å².